The van der Waals surface area contributed by atoms with Crippen LogP contribution in [0.15, 0.2) is 29.3 Å². The molecule has 0 atom stereocenters. The van der Waals surface area contributed by atoms with E-state index in [1.807, 2.05) is 12.1 Å². The van der Waals surface area contributed by atoms with Crippen molar-refractivity contribution >= 4 is 41.5 Å². The molecule has 2 fully saturated rings. The molecule has 0 radical (unpaired) electrons. The molecule has 2 saturated heterocycles. The lowest BCUT2D eigenvalue weighted by Crippen LogP contribution is -2.54. The van der Waals surface area contributed by atoms with Crippen molar-refractivity contribution < 1.29 is 4.74 Å². The van der Waals surface area contributed by atoms with Gasteiger partial charge in [-0.05, 0) is 63.4 Å². The summed E-state index contributed by atoms with van der Waals surface area (Å²) in [5.41, 5.74) is 1.39. The van der Waals surface area contributed by atoms with Crippen molar-refractivity contribution in [2.24, 2.45) is 4.99 Å². The minimum absolute atomic E-state index is 0. The Balaban J connectivity index is 0.00000280. The van der Waals surface area contributed by atoms with Crippen molar-refractivity contribution in [3.05, 3.63) is 34.9 Å². The number of benzene rings is 1. The fourth-order valence-electron chi connectivity index (χ4n) is 4.15. The number of hydrogen-bond acceptors (Lipinski definition) is 3. The van der Waals surface area contributed by atoms with E-state index in [0.717, 1.165) is 56.7 Å². The maximum Gasteiger partial charge on any atom is 0.194 e. The topological polar surface area (TPSA) is 40.1 Å². The van der Waals surface area contributed by atoms with Gasteiger partial charge in [-0.2, -0.15) is 0 Å². The second-order valence-electron chi connectivity index (χ2n) is 7.68. The van der Waals surface area contributed by atoms with E-state index in [1.165, 1.54) is 31.5 Å². The number of nitrogens with zero attached hydrogens (tertiary/aromatic N) is 3. The van der Waals surface area contributed by atoms with E-state index in [4.69, 9.17) is 21.3 Å². The summed E-state index contributed by atoms with van der Waals surface area (Å²) in [6.45, 7) is 8.73. The molecule has 3 rings (SSSR count). The molecule has 7 heteroatoms. The number of ether oxygens (including phenoxy) is 1. The highest BCUT2D eigenvalue weighted by atomic mass is 127. The lowest BCUT2D eigenvalue weighted by molar-refractivity contribution is -0.0139. The number of nitrogens with one attached hydrogen (secondary N) is 1. The Bertz CT molecular complexity index is 613. The molecule has 0 spiro atoms. The SMILES string of the molecule is CCNC(=NCC1(N2CCCC2)CCOCC1)N(C)Cc1ccc(Cl)cc1.I. The summed E-state index contributed by atoms with van der Waals surface area (Å²) < 4.78 is 5.66. The third kappa shape index (κ3) is 6.21. The Morgan fingerprint density at radius 3 is 2.46 bits per heavy atom. The third-order valence-corrected chi connectivity index (χ3v) is 6.00. The Morgan fingerprint density at radius 1 is 1.21 bits per heavy atom. The largest absolute Gasteiger partial charge is 0.381 e. The first-order chi connectivity index (χ1) is 13.1. The molecular formula is C21H34ClIN4O. The molecular weight excluding hydrogens is 487 g/mol. The van der Waals surface area contributed by atoms with Crippen molar-refractivity contribution in [2.45, 2.75) is 44.7 Å². The highest BCUT2D eigenvalue weighted by Gasteiger charge is 2.39. The number of hydrogen-bond donors (Lipinski definition) is 1. The zero-order chi connectivity index (χ0) is 19.1. The van der Waals surface area contributed by atoms with Crippen molar-refractivity contribution in [1.29, 1.82) is 0 Å². The van der Waals surface area contributed by atoms with Crippen LogP contribution < -0.4 is 5.32 Å². The van der Waals surface area contributed by atoms with Gasteiger partial charge in [-0.3, -0.25) is 9.89 Å². The molecule has 1 aromatic carbocycles. The van der Waals surface area contributed by atoms with Crippen LogP contribution in [0.4, 0.5) is 0 Å². The first kappa shape index (κ1) is 23.7. The number of rotatable bonds is 6. The number of guanidine groups is 1. The Hall–Kier alpha value is -0.570. The zero-order valence-electron chi connectivity index (χ0n) is 17.1. The summed E-state index contributed by atoms with van der Waals surface area (Å²) in [4.78, 5) is 9.94. The van der Waals surface area contributed by atoms with Gasteiger partial charge in [-0.15, -0.1) is 24.0 Å². The van der Waals surface area contributed by atoms with Crippen LogP contribution in [-0.4, -0.2) is 67.7 Å². The van der Waals surface area contributed by atoms with Gasteiger partial charge in [0.05, 0.1) is 6.54 Å². The summed E-state index contributed by atoms with van der Waals surface area (Å²) >= 11 is 6.01. The second-order valence-corrected chi connectivity index (χ2v) is 8.12. The van der Waals surface area contributed by atoms with Gasteiger partial charge < -0.3 is 15.0 Å². The van der Waals surface area contributed by atoms with Gasteiger partial charge in [0.25, 0.3) is 0 Å². The van der Waals surface area contributed by atoms with Gasteiger partial charge in [-0.25, -0.2) is 0 Å². The molecule has 0 aliphatic carbocycles. The summed E-state index contributed by atoms with van der Waals surface area (Å²) in [5, 5.41) is 4.23. The van der Waals surface area contributed by atoms with Crippen LogP contribution in [-0.2, 0) is 11.3 Å². The molecule has 1 aromatic rings. The molecule has 158 valence electrons. The maximum absolute atomic E-state index is 6.01. The Kier molecular flexibility index (Phi) is 9.80. The summed E-state index contributed by atoms with van der Waals surface area (Å²) in [7, 11) is 2.10. The van der Waals surface area contributed by atoms with Crippen molar-refractivity contribution in [3.63, 3.8) is 0 Å². The van der Waals surface area contributed by atoms with Crippen molar-refractivity contribution in [1.82, 2.24) is 15.1 Å². The van der Waals surface area contributed by atoms with Crippen LogP contribution in [0, 0.1) is 0 Å². The average molecular weight is 521 g/mol. The first-order valence-electron chi connectivity index (χ1n) is 10.2. The van der Waals surface area contributed by atoms with Crippen LogP contribution in [0.5, 0.6) is 0 Å². The van der Waals surface area contributed by atoms with E-state index in [0.29, 0.717) is 0 Å². The maximum atomic E-state index is 6.01. The molecule has 0 bridgehead atoms. The second kappa shape index (κ2) is 11.6. The van der Waals surface area contributed by atoms with Crippen molar-refractivity contribution in [2.75, 3.05) is 46.4 Å². The fraction of sp³-hybridized carbons (Fsp3) is 0.667. The lowest BCUT2D eigenvalue weighted by atomic mass is 9.88. The van der Waals surface area contributed by atoms with Gasteiger partial charge in [0.2, 0.25) is 0 Å². The molecule has 2 aliphatic heterocycles. The Labute approximate surface area is 191 Å². The van der Waals surface area contributed by atoms with Gasteiger partial charge in [0.15, 0.2) is 5.96 Å². The monoisotopic (exact) mass is 520 g/mol. The normalized spacial score (nSPS) is 19.9. The molecule has 1 N–H and O–H groups in total. The number of aliphatic imine (C=N–C) groups is 1. The quantitative estimate of drug-likeness (QED) is 0.350. The third-order valence-electron chi connectivity index (χ3n) is 5.75. The van der Waals surface area contributed by atoms with E-state index >= 15 is 0 Å². The molecule has 2 aliphatic rings. The zero-order valence-corrected chi connectivity index (χ0v) is 20.2. The minimum Gasteiger partial charge on any atom is -0.381 e. The molecule has 0 unspecified atom stereocenters. The minimum atomic E-state index is 0. The van der Waals surface area contributed by atoms with Gasteiger partial charge >= 0.3 is 0 Å². The predicted octanol–water partition coefficient (Wildman–Crippen LogP) is 4.00. The fourth-order valence-corrected chi connectivity index (χ4v) is 4.27. The molecule has 28 heavy (non-hydrogen) atoms. The van der Waals surface area contributed by atoms with E-state index < -0.39 is 0 Å². The van der Waals surface area contributed by atoms with Crippen LogP contribution in [0.3, 0.4) is 0 Å². The summed E-state index contributed by atoms with van der Waals surface area (Å²) in [5.74, 6) is 0.970. The highest BCUT2D eigenvalue weighted by molar-refractivity contribution is 14.0. The van der Waals surface area contributed by atoms with Crippen LogP contribution in [0.1, 0.15) is 38.2 Å². The standard InChI is InChI=1S/C21H33ClN4O.HI/c1-3-23-20(25(2)16-18-6-8-19(22)9-7-18)24-17-21(10-14-27-15-11-21)26-12-4-5-13-26;/h6-9H,3-5,10-17H2,1-2H3,(H,23,24);1H. The van der Waals surface area contributed by atoms with Gasteiger partial charge in [0.1, 0.15) is 0 Å². The number of likely N-dealkylation sites (tertiary alicyclic amines) is 1. The van der Waals surface area contributed by atoms with Crippen LogP contribution >= 0.6 is 35.6 Å². The van der Waals surface area contributed by atoms with Crippen molar-refractivity contribution in [3.8, 4) is 0 Å². The molecule has 5 nitrogen and oxygen atoms in total. The van der Waals surface area contributed by atoms with E-state index in [1.54, 1.807) is 0 Å². The predicted molar refractivity (Wildman–Crippen MR) is 128 cm³/mol. The van der Waals surface area contributed by atoms with E-state index in [-0.39, 0.29) is 29.5 Å². The Morgan fingerprint density at radius 2 is 1.86 bits per heavy atom. The summed E-state index contributed by atoms with van der Waals surface area (Å²) in [6.07, 6.45) is 4.78. The smallest absolute Gasteiger partial charge is 0.194 e. The van der Waals surface area contributed by atoms with Gasteiger partial charge in [-0.1, -0.05) is 23.7 Å². The van der Waals surface area contributed by atoms with Crippen LogP contribution in [0.25, 0.3) is 0 Å². The molecule has 0 amide bonds. The first-order valence-corrected chi connectivity index (χ1v) is 10.6. The van der Waals surface area contributed by atoms with Gasteiger partial charge in [0, 0.05) is 43.9 Å². The van der Waals surface area contributed by atoms with E-state index in [2.05, 4.69) is 41.2 Å². The van der Waals surface area contributed by atoms with E-state index in [9.17, 15) is 0 Å². The number of halogens is 2. The molecule has 0 aromatic heterocycles. The lowest BCUT2D eigenvalue weighted by Gasteiger charge is -2.43. The summed E-state index contributed by atoms with van der Waals surface area (Å²) in [6, 6.07) is 8.04. The molecule has 0 saturated carbocycles. The highest BCUT2D eigenvalue weighted by Crippen LogP contribution is 2.31. The molecule has 2 heterocycles. The van der Waals surface area contributed by atoms with Crippen LogP contribution in [0.2, 0.25) is 5.02 Å². The average Bonchev–Trinajstić information content (AvgIpc) is 3.23.